The lowest BCUT2D eigenvalue weighted by molar-refractivity contribution is 0.594. The Balaban J connectivity index is 2.98. The summed E-state index contributed by atoms with van der Waals surface area (Å²) in [6.07, 6.45) is 1.12. The minimum atomic E-state index is -3.60. The molecule has 0 aliphatic heterocycles. The highest BCUT2D eigenvalue weighted by Crippen LogP contribution is 2.24. The van der Waals surface area contributed by atoms with Gasteiger partial charge in [0.2, 0.25) is 10.0 Å². The Morgan fingerprint density at radius 1 is 1.56 bits per heavy atom. The first-order chi connectivity index (χ1) is 8.31. The molecule has 1 rings (SSSR count). The van der Waals surface area contributed by atoms with Crippen molar-refractivity contribution in [2.75, 3.05) is 4.72 Å². The predicted octanol–water partition coefficient (Wildman–Crippen LogP) is 1.82. The number of hydrogen-bond acceptors (Lipinski definition) is 5. The van der Waals surface area contributed by atoms with E-state index in [0.29, 0.717) is 11.6 Å². The number of anilines is 1. The van der Waals surface area contributed by atoms with E-state index in [1.54, 1.807) is 6.92 Å². The third-order valence-electron chi connectivity index (χ3n) is 2.52. The van der Waals surface area contributed by atoms with Crippen LogP contribution < -0.4 is 10.5 Å². The summed E-state index contributed by atoms with van der Waals surface area (Å²) in [5, 5.41) is -0.485. The zero-order chi connectivity index (χ0) is 13.9. The van der Waals surface area contributed by atoms with Crippen LogP contribution in [0.4, 0.5) is 5.13 Å². The zero-order valence-electron chi connectivity index (χ0n) is 10.6. The Labute approximate surface area is 117 Å². The molecule has 1 unspecified atom stereocenters. The monoisotopic (exact) mass is 307 g/mol. The smallest absolute Gasteiger partial charge is 0.243 e. The number of nitrogens with zero attached hydrogens (tertiary/aromatic N) is 1. The first-order valence-electron chi connectivity index (χ1n) is 5.59. The van der Waals surface area contributed by atoms with Gasteiger partial charge in [-0.15, -0.1) is 11.3 Å². The number of thiocarbonyl (C=S) groups is 1. The maximum Gasteiger partial charge on any atom is 0.243 e. The highest BCUT2D eigenvalue weighted by Gasteiger charge is 2.27. The molecular weight excluding hydrogens is 290 g/mol. The number of aromatic nitrogens is 1. The summed E-state index contributed by atoms with van der Waals surface area (Å²) in [4.78, 5) is 5.23. The van der Waals surface area contributed by atoms with Gasteiger partial charge in [0.25, 0.3) is 0 Å². The van der Waals surface area contributed by atoms with Crippen molar-refractivity contribution in [3.05, 3.63) is 10.6 Å². The van der Waals surface area contributed by atoms with Crippen molar-refractivity contribution in [1.82, 2.24) is 4.98 Å². The van der Waals surface area contributed by atoms with Crippen LogP contribution in [0.5, 0.6) is 0 Å². The Morgan fingerprint density at radius 3 is 2.56 bits per heavy atom. The van der Waals surface area contributed by atoms with Gasteiger partial charge in [-0.3, -0.25) is 4.72 Å². The predicted molar refractivity (Wildman–Crippen MR) is 79.6 cm³/mol. The fourth-order valence-electron chi connectivity index (χ4n) is 1.57. The first kappa shape index (κ1) is 15.3. The molecule has 102 valence electrons. The molecule has 8 heteroatoms. The fourth-order valence-corrected chi connectivity index (χ4v) is 4.56. The summed E-state index contributed by atoms with van der Waals surface area (Å²) in [5.74, 6) is 0. The number of nitrogens with two attached hydrogens (primary N) is 1. The van der Waals surface area contributed by atoms with Gasteiger partial charge in [0.15, 0.2) is 5.13 Å². The number of nitrogens with one attached hydrogen (secondary N) is 1. The molecule has 0 saturated heterocycles. The average Bonchev–Trinajstić information content (AvgIpc) is 2.57. The van der Waals surface area contributed by atoms with Gasteiger partial charge in [0.05, 0.1) is 10.7 Å². The Hall–Kier alpha value is -0.730. The quantitative estimate of drug-likeness (QED) is 0.783. The second kappa shape index (κ2) is 5.94. The van der Waals surface area contributed by atoms with Gasteiger partial charge < -0.3 is 5.73 Å². The number of sulfonamides is 1. The highest BCUT2D eigenvalue weighted by molar-refractivity contribution is 7.95. The van der Waals surface area contributed by atoms with Crippen LogP contribution in [0, 0.1) is 6.92 Å². The molecule has 18 heavy (non-hydrogen) atoms. The lowest BCUT2D eigenvalue weighted by Crippen LogP contribution is -2.37. The van der Waals surface area contributed by atoms with Crippen LogP contribution in [-0.2, 0) is 16.4 Å². The van der Waals surface area contributed by atoms with E-state index in [0.717, 1.165) is 17.0 Å². The summed E-state index contributed by atoms with van der Waals surface area (Å²) in [5.41, 5.74) is 6.35. The Bertz CT molecular complexity index is 537. The average molecular weight is 307 g/mol. The molecule has 3 N–H and O–H groups in total. The van der Waals surface area contributed by atoms with Crippen LogP contribution in [0.2, 0.25) is 0 Å². The van der Waals surface area contributed by atoms with E-state index in [1.165, 1.54) is 11.3 Å². The van der Waals surface area contributed by atoms with Crippen LogP contribution in [0.15, 0.2) is 0 Å². The number of hydrogen-bond donors (Lipinski definition) is 2. The maximum absolute atomic E-state index is 12.1. The summed E-state index contributed by atoms with van der Waals surface area (Å²) >= 11 is 6.10. The maximum atomic E-state index is 12.1. The van der Waals surface area contributed by atoms with Gasteiger partial charge >= 0.3 is 0 Å². The number of aryl methyl sites for hydroxylation is 2. The standard InChI is InChI=1S/C10H17N3O2S3/c1-4-7-6(3)17-10(12-7)13-18(14,15)8(5-2)9(11)16/h8H,4-5H2,1-3H3,(H2,11,16)(H,12,13). The van der Waals surface area contributed by atoms with E-state index >= 15 is 0 Å². The molecule has 1 aromatic rings. The van der Waals surface area contributed by atoms with Crippen molar-refractivity contribution in [3.8, 4) is 0 Å². The minimum Gasteiger partial charge on any atom is -0.392 e. The molecule has 5 nitrogen and oxygen atoms in total. The number of thiazole rings is 1. The lowest BCUT2D eigenvalue weighted by atomic mass is 10.3. The summed E-state index contributed by atoms with van der Waals surface area (Å²) in [6.45, 7) is 5.62. The fraction of sp³-hybridized carbons (Fsp3) is 0.600. The summed E-state index contributed by atoms with van der Waals surface area (Å²) in [7, 11) is -3.60. The minimum absolute atomic E-state index is 0.0195. The molecule has 0 spiro atoms. The van der Waals surface area contributed by atoms with Crippen molar-refractivity contribution >= 4 is 43.7 Å². The third-order valence-corrected chi connectivity index (χ3v) is 5.83. The van der Waals surface area contributed by atoms with E-state index in [2.05, 4.69) is 9.71 Å². The molecule has 0 amide bonds. The van der Waals surface area contributed by atoms with E-state index < -0.39 is 15.3 Å². The summed E-state index contributed by atoms with van der Waals surface area (Å²) < 4.78 is 26.6. The van der Waals surface area contributed by atoms with Crippen LogP contribution in [0.3, 0.4) is 0 Å². The third kappa shape index (κ3) is 3.39. The molecule has 0 fully saturated rings. The van der Waals surface area contributed by atoms with Gasteiger partial charge in [-0.05, 0) is 19.8 Å². The van der Waals surface area contributed by atoms with Crippen molar-refractivity contribution < 1.29 is 8.42 Å². The van der Waals surface area contributed by atoms with Gasteiger partial charge in [-0.1, -0.05) is 26.1 Å². The normalized spacial score (nSPS) is 13.3. The van der Waals surface area contributed by atoms with E-state index in [9.17, 15) is 8.42 Å². The molecule has 0 radical (unpaired) electrons. The van der Waals surface area contributed by atoms with Crippen molar-refractivity contribution in [3.63, 3.8) is 0 Å². The molecule has 0 saturated carbocycles. The van der Waals surface area contributed by atoms with Crippen LogP contribution in [0.1, 0.15) is 30.8 Å². The SMILES string of the molecule is CCc1nc(NS(=O)(=O)C(CC)C(N)=S)sc1C. The molecule has 1 atom stereocenters. The van der Waals surface area contributed by atoms with Crippen LogP contribution >= 0.6 is 23.6 Å². The molecule has 0 aromatic carbocycles. The van der Waals surface area contributed by atoms with Gasteiger partial charge in [-0.2, -0.15) is 0 Å². The second-order valence-corrected chi connectivity index (χ2v) is 7.36. The van der Waals surface area contributed by atoms with E-state index in [-0.39, 0.29) is 4.99 Å². The molecule has 1 aromatic heterocycles. The van der Waals surface area contributed by atoms with Crippen molar-refractivity contribution in [1.29, 1.82) is 0 Å². The number of rotatable bonds is 6. The topological polar surface area (TPSA) is 85.1 Å². The zero-order valence-corrected chi connectivity index (χ0v) is 13.0. The molecule has 0 aliphatic rings. The highest BCUT2D eigenvalue weighted by atomic mass is 32.2. The van der Waals surface area contributed by atoms with Gasteiger partial charge in [0, 0.05) is 4.88 Å². The molecule has 0 bridgehead atoms. The van der Waals surface area contributed by atoms with E-state index in [1.807, 2.05) is 13.8 Å². The van der Waals surface area contributed by atoms with Crippen molar-refractivity contribution in [2.24, 2.45) is 5.73 Å². The molecular formula is C10H17N3O2S3. The van der Waals surface area contributed by atoms with Gasteiger partial charge in [0.1, 0.15) is 5.25 Å². The first-order valence-corrected chi connectivity index (χ1v) is 8.36. The van der Waals surface area contributed by atoms with E-state index in [4.69, 9.17) is 18.0 Å². The molecule has 0 aliphatic carbocycles. The Kier molecular flexibility index (Phi) is 5.06. The summed E-state index contributed by atoms with van der Waals surface area (Å²) in [6, 6.07) is 0. The lowest BCUT2D eigenvalue weighted by Gasteiger charge is -2.14. The van der Waals surface area contributed by atoms with Gasteiger partial charge in [-0.25, -0.2) is 13.4 Å². The van der Waals surface area contributed by atoms with Crippen LogP contribution in [-0.4, -0.2) is 23.6 Å². The largest absolute Gasteiger partial charge is 0.392 e. The second-order valence-electron chi connectivity index (χ2n) is 3.82. The Morgan fingerprint density at radius 2 is 2.17 bits per heavy atom. The molecule has 1 heterocycles. The van der Waals surface area contributed by atoms with Crippen molar-refractivity contribution in [2.45, 2.75) is 38.9 Å². The van der Waals surface area contributed by atoms with Crippen LogP contribution in [0.25, 0.3) is 0 Å².